The normalized spacial score (nSPS) is 18.0. The van der Waals surface area contributed by atoms with Crippen molar-refractivity contribution < 1.29 is 22.8 Å². The lowest BCUT2D eigenvalue weighted by molar-refractivity contribution is -0.138. The minimum Gasteiger partial charge on any atom is -0.342 e. The molecule has 0 aromatic heterocycles. The molecule has 5 rings (SSSR count). The maximum Gasteiger partial charge on any atom is 0.261 e. The Labute approximate surface area is 234 Å². The predicted molar refractivity (Wildman–Crippen MR) is 153 cm³/mol. The highest BCUT2D eigenvalue weighted by Gasteiger charge is 2.38. The summed E-state index contributed by atoms with van der Waals surface area (Å²) in [4.78, 5) is 42.1. The number of hydrogen-bond acceptors (Lipinski definition) is 5. The summed E-state index contributed by atoms with van der Waals surface area (Å²) in [6, 6.07) is 22.4. The molecule has 208 valence electrons. The van der Waals surface area contributed by atoms with Crippen LogP contribution in [-0.2, 0) is 24.4 Å². The van der Waals surface area contributed by atoms with Crippen molar-refractivity contribution in [2.45, 2.75) is 31.1 Å². The van der Waals surface area contributed by atoms with E-state index in [2.05, 4.69) is 10.0 Å². The lowest BCUT2D eigenvalue weighted by atomic mass is 9.94. The Balaban J connectivity index is 1.11. The topological polar surface area (TPSA) is 116 Å². The number of hydrogen-bond donors (Lipinski definition) is 2. The van der Waals surface area contributed by atoms with Crippen molar-refractivity contribution in [2.24, 2.45) is 11.8 Å². The summed E-state index contributed by atoms with van der Waals surface area (Å²) < 4.78 is 28.0. The maximum atomic E-state index is 13.1. The van der Waals surface area contributed by atoms with Crippen LogP contribution in [-0.4, -0.2) is 50.7 Å². The van der Waals surface area contributed by atoms with Gasteiger partial charge in [-0.3, -0.25) is 19.1 Å². The van der Waals surface area contributed by atoms with E-state index in [-0.39, 0.29) is 40.9 Å². The van der Waals surface area contributed by atoms with Crippen LogP contribution < -0.4 is 14.9 Å². The Bertz CT molecular complexity index is 1480. The number of amides is 3. The lowest BCUT2D eigenvalue weighted by Crippen LogP contribution is -2.44. The second-order valence-electron chi connectivity index (χ2n) is 10.3. The van der Waals surface area contributed by atoms with E-state index in [1.54, 1.807) is 34.1 Å². The summed E-state index contributed by atoms with van der Waals surface area (Å²) >= 11 is 0. The summed E-state index contributed by atoms with van der Waals surface area (Å²) in [5, 5.41) is 2.87. The largest absolute Gasteiger partial charge is 0.342 e. The molecule has 2 saturated heterocycles. The quantitative estimate of drug-likeness (QED) is 0.453. The number of carbonyl (C=O) groups excluding carboxylic acids is 3. The first-order chi connectivity index (χ1) is 19.2. The van der Waals surface area contributed by atoms with Gasteiger partial charge in [-0.2, -0.15) is 0 Å². The zero-order chi connectivity index (χ0) is 28.3. The van der Waals surface area contributed by atoms with Crippen molar-refractivity contribution >= 4 is 44.8 Å². The monoisotopic (exact) mass is 560 g/mol. The van der Waals surface area contributed by atoms with E-state index in [0.717, 1.165) is 11.3 Å². The molecular formula is C30H32N4O5S. The van der Waals surface area contributed by atoms with Gasteiger partial charge in [0.15, 0.2) is 0 Å². The van der Waals surface area contributed by atoms with Crippen molar-refractivity contribution in [1.29, 1.82) is 0 Å². The standard InChI is InChI=1S/C30H32N4O5S/c1-21-7-9-25(10-8-21)32-40(38,39)27-13-11-24(12-14-27)31-29(36)22-15-17-33(18-16-22)30(37)23-19-28(35)34(20-23)26-5-3-2-4-6-26/h2-14,22-23,32H,15-20H2,1H3,(H,31,36). The maximum absolute atomic E-state index is 13.1. The van der Waals surface area contributed by atoms with Gasteiger partial charge in [-0.25, -0.2) is 8.42 Å². The number of aryl methyl sites for hydroxylation is 1. The van der Waals surface area contributed by atoms with Gasteiger partial charge in [0, 0.05) is 49.0 Å². The van der Waals surface area contributed by atoms with Crippen LogP contribution in [0.3, 0.4) is 0 Å². The predicted octanol–water partition coefficient (Wildman–Crippen LogP) is 4.03. The van der Waals surface area contributed by atoms with Crippen molar-refractivity contribution in [1.82, 2.24) is 4.90 Å². The first-order valence-corrected chi connectivity index (χ1v) is 14.8. The summed E-state index contributed by atoms with van der Waals surface area (Å²) in [5.41, 5.74) is 2.80. The molecule has 0 aliphatic carbocycles. The molecule has 0 saturated carbocycles. The van der Waals surface area contributed by atoms with Gasteiger partial charge in [0.1, 0.15) is 0 Å². The Morgan fingerprint density at radius 1 is 0.825 bits per heavy atom. The second-order valence-corrected chi connectivity index (χ2v) is 12.0. The van der Waals surface area contributed by atoms with E-state index in [1.807, 2.05) is 49.4 Å². The molecule has 2 heterocycles. The van der Waals surface area contributed by atoms with E-state index in [0.29, 0.717) is 43.9 Å². The Morgan fingerprint density at radius 3 is 2.10 bits per heavy atom. The molecule has 1 unspecified atom stereocenters. The summed E-state index contributed by atoms with van der Waals surface area (Å²) in [6.07, 6.45) is 1.24. The Morgan fingerprint density at radius 2 is 1.45 bits per heavy atom. The van der Waals surface area contributed by atoms with E-state index < -0.39 is 10.0 Å². The van der Waals surface area contributed by atoms with Crippen molar-refractivity contribution in [3.05, 3.63) is 84.4 Å². The number of para-hydroxylation sites is 1. The molecule has 0 spiro atoms. The lowest BCUT2D eigenvalue weighted by Gasteiger charge is -2.33. The molecule has 10 heteroatoms. The van der Waals surface area contributed by atoms with Crippen molar-refractivity contribution in [3.63, 3.8) is 0 Å². The van der Waals surface area contributed by atoms with Crippen LogP contribution in [0.25, 0.3) is 0 Å². The molecule has 40 heavy (non-hydrogen) atoms. The van der Waals surface area contributed by atoms with E-state index in [9.17, 15) is 22.8 Å². The van der Waals surface area contributed by atoms with Crippen LogP contribution in [0, 0.1) is 18.8 Å². The number of anilines is 3. The molecule has 1 atom stereocenters. The fraction of sp³-hybridized carbons (Fsp3) is 0.300. The molecule has 2 aliphatic rings. The van der Waals surface area contributed by atoms with Crippen molar-refractivity contribution in [2.75, 3.05) is 34.6 Å². The van der Waals surface area contributed by atoms with E-state index >= 15 is 0 Å². The summed E-state index contributed by atoms with van der Waals surface area (Å²) in [7, 11) is -3.76. The summed E-state index contributed by atoms with van der Waals surface area (Å²) in [5.74, 6) is -0.896. The second kappa shape index (κ2) is 11.5. The van der Waals surface area contributed by atoms with Crippen LogP contribution in [0.5, 0.6) is 0 Å². The molecule has 3 aromatic carbocycles. The molecule has 3 amide bonds. The number of nitrogens with zero attached hydrogens (tertiary/aromatic N) is 2. The van der Waals surface area contributed by atoms with Gasteiger partial charge in [0.05, 0.1) is 10.8 Å². The zero-order valence-corrected chi connectivity index (χ0v) is 23.1. The highest BCUT2D eigenvalue weighted by molar-refractivity contribution is 7.92. The number of benzene rings is 3. The molecule has 3 aromatic rings. The van der Waals surface area contributed by atoms with Crippen LogP contribution in [0.1, 0.15) is 24.8 Å². The zero-order valence-electron chi connectivity index (χ0n) is 22.2. The average Bonchev–Trinajstić information content (AvgIpc) is 3.36. The Hall–Kier alpha value is -4.18. The molecule has 9 nitrogen and oxygen atoms in total. The van der Waals surface area contributed by atoms with Gasteiger partial charge < -0.3 is 15.1 Å². The minimum absolute atomic E-state index is 0.0401. The van der Waals surface area contributed by atoms with Gasteiger partial charge in [-0.15, -0.1) is 0 Å². The van der Waals surface area contributed by atoms with Crippen LogP contribution in [0.15, 0.2) is 83.8 Å². The third kappa shape index (κ3) is 6.17. The average molecular weight is 561 g/mol. The smallest absolute Gasteiger partial charge is 0.261 e. The highest BCUT2D eigenvalue weighted by Crippen LogP contribution is 2.28. The summed E-state index contributed by atoms with van der Waals surface area (Å²) in [6.45, 7) is 3.20. The fourth-order valence-electron chi connectivity index (χ4n) is 5.15. The van der Waals surface area contributed by atoms with E-state index in [4.69, 9.17) is 0 Å². The number of sulfonamides is 1. The molecule has 2 aliphatic heterocycles. The first kappa shape index (κ1) is 27.4. The number of nitrogens with one attached hydrogen (secondary N) is 2. The van der Waals surface area contributed by atoms with Crippen molar-refractivity contribution in [3.8, 4) is 0 Å². The third-order valence-corrected chi connectivity index (χ3v) is 8.85. The SMILES string of the molecule is Cc1ccc(NS(=O)(=O)c2ccc(NC(=O)C3CCN(C(=O)C4CC(=O)N(c5ccccc5)C4)CC3)cc2)cc1. The van der Waals surface area contributed by atoms with Gasteiger partial charge in [0.25, 0.3) is 10.0 Å². The first-order valence-electron chi connectivity index (χ1n) is 13.3. The fourth-order valence-corrected chi connectivity index (χ4v) is 6.21. The molecule has 2 N–H and O–H groups in total. The van der Waals surface area contributed by atoms with Crippen LogP contribution >= 0.6 is 0 Å². The van der Waals surface area contributed by atoms with Gasteiger partial charge >= 0.3 is 0 Å². The number of piperidine rings is 1. The molecule has 0 bridgehead atoms. The molecule has 0 radical (unpaired) electrons. The minimum atomic E-state index is -3.76. The number of rotatable bonds is 7. The molecular weight excluding hydrogens is 528 g/mol. The Kier molecular flexibility index (Phi) is 7.88. The van der Waals surface area contributed by atoms with Gasteiger partial charge in [-0.05, 0) is 68.3 Å². The van der Waals surface area contributed by atoms with E-state index in [1.165, 1.54) is 12.1 Å². The van der Waals surface area contributed by atoms with Gasteiger partial charge in [-0.1, -0.05) is 35.9 Å². The van der Waals surface area contributed by atoms with Crippen LogP contribution in [0.4, 0.5) is 17.1 Å². The number of carbonyl (C=O) groups is 3. The van der Waals surface area contributed by atoms with Gasteiger partial charge in [0.2, 0.25) is 17.7 Å². The number of likely N-dealkylation sites (tertiary alicyclic amines) is 1. The highest BCUT2D eigenvalue weighted by atomic mass is 32.2. The van der Waals surface area contributed by atoms with Crippen LogP contribution in [0.2, 0.25) is 0 Å². The molecule has 2 fully saturated rings. The third-order valence-electron chi connectivity index (χ3n) is 7.46.